The van der Waals surface area contributed by atoms with E-state index in [1.807, 2.05) is 30.6 Å². The van der Waals surface area contributed by atoms with Crippen LogP contribution in [0.3, 0.4) is 0 Å². The first-order valence-electron chi connectivity index (χ1n) is 8.99. The minimum absolute atomic E-state index is 0.349. The summed E-state index contributed by atoms with van der Waals surface area (Å²) in [5.41, 5.74) is 13.9. The average molecular weight is 400 g/mol. The molecule has 142 valence electrons. The standard InChI is InChI=1S/C11H14N2S.C9H11N3S/c1-8-10(13-11(12)14-8)7-9-5-3-2-4-6-9;10-9-12-8(6-13-9)5-7-1-3-11-4-2-7/h2-6,8,10H,7H2,1H3,(H2,12,13);1-4,8H,5-6H2,(H2,10,12)/t8-,10+;8-/m11/s1. The topological polar surface area (TPSA) is 89.6 Å². The first kappa shape index (κ1) is 19.8. The molecule has 4 N–H and O–H groups in total. The Hall–Kier alpha value is -1.99. The zero-order chi connectivity index (χ0) is 19.1. The highest BCUT2D eigenvalue weighted by molar-refractivity contribution is 8.14. The van der Waals surface area contributed by atoms with E-state index in [0.717, 1.165) is 28.9 Å². The van der Waals surface area contributed by atoms with Crippen LogP contribution in [0, 0.1) is 0 Å². The number of aliphatic imine (C=N–C) groups is 2. The Morgan fingerprint density at radius 3 is 2.22 bits per heavy atom. The van der Waals surface area contributed by atoms with Crippen molar-refractivity contribution in [1.29, 1.82) is 0 Å². The van der Waals surface area contributed by atoms with Crippen molar-refractivity contribution in [3.8, 4) is 0 Å². The maximum absolute atomic E-state index is 5.68. The molecular formula is C20H25N5S2. The number of aromatic nitrogens is 1. The van der Waals surface area contributed by atoms with Gasteiger partial charge >= 0.3 is 0 Å². The van der Waals surface area contributed by atoms with E-state index in [0.29, 0.717) is 17.3 Å². The number of hydrogen-bond acceptors (Lipinski definition) is 7. The number of hydrogen-bond donors (Lipinski definition) is 2. The van der Waals surface area contributed by atoms with Gasteiger partial charge in [-0.25, -0.2) is 0 Å². The largest absolute Gasteiger partial charge is 0.379 e. The Labute approximate surface area is 169 Å². The second kappa shape index (κ2) is 9.80. The Balaban J connectivity index is 0.000000156. The van der Waals surface area contributed by atoms with Crippen LogP contribution in [0.25, 0.3) is 0 Å². The normalized spacial score (nSPS) is 24.0. The van der Waals surface area contributed by atoms with Gasteiger partial charge in [-0.1, -0.05) is 60.8 Å². The monoisotopic (exact) mass is 399 g/mol. The lowest BCUT2D eigenvalue weighted by molar-refractivity contribution is 0.675. The van der Waals surface area contributed by atoms with Gasteiger partial charge in [-0.15, -0.1) is 0 Å². The van der Waals surface area contributed by atoms with Crippen LogP contribution in [-0.4, -0.2) is 38.4 Å². The molecule has 0 saturated carbocycles. The summed E-state index contributed by atoms with van der Waals surface area (Å²) in [5, 5.41) is 1.97. The molecule has 0 spiro atoms. The van der Waals surface area contributed by atoms with Crippen molar-refractivity contribution in [3.05, 3.63) is 66.0 Å². The van der Waals surface area contributed by atoms with E-state index in [4.69, 9.17) is 11.5 Å². The molecule has 0 radical (unpaired) electrons. The SMILES string of the molecule is C[C@H]1SC(N)=N[C@H]1Cc1ccccc1.NC1=N[C@H](Cc2ccncc2)CS1. The molecule has 0 aliphatic carbocycles. The second-order valence-corrected chi connectivity index (χ2v) is 8.98. The predicted molar refractivity (Wildman–Crippen MR) is 118 cm³/mol. The van der Waals surface area contributed by atoms with Crippen molar-refractivity contribution in [2.45, 2.75) is 37.1 Å². The average Bonchev–Trinajstić information content (AvgIpc) is 3.22. The van der Waals surface area contributed by atoms with Gasteiger partial charge < -0.3 is 11.5 Å². The molecule has 0 fully saturated rings. The van der Waals surface area contributed by atoms with E-state index in [2.05, 4.69) is 46.2 Å². The van der Waals surface area contributed by atoms with Gasteiger partial charge in [-0.2, -0.15) is 0 Å². The summed E-state index contributed by atoms with van der Waals surface area (Å²) >= 11 is 3.31. The Morgan fingerprint density at radius 1 is 0.926 bits per heavy atom. The third-order valence-corrected chi connectivity index (χ3v) is 6.37. The fourth-order valence-corrected chi connectivity index (χ4v) is 4.64. The lowest BCUT2D eigenvalue weighted by Gasteiger charge is -2.11. The molecule has 5 nitrogen and oxygen atoms in total. The molecule has 4 rings (SSSR count). The minimum atomic E-state index is 0.349. The molecule has 1 aromatic carbocycles. The van der Waals surface area contributed by atoms with Crippen LogP contribution >= 0.6 is 23.5 Å². The lowest BCUT2D eigenvalue weighted by Crippen LogP contribution is -2.16. The highest BCUT2D eigenvalue weighted by Crippen LogP contribution is 2.26. The number of nitrogens with zero attached hydrogens (tertiary/aromatic N) is 3. The number of thioether (sulfide) groups is 2. The van der Waals surface area contributed by atoms with Gasteiger partial charge in [0.05, 0.1) is 12.1 Å². The number of nitrogens with two attached hydrogens (primary N) is 2. The number of amidine groups is 2. The maximum Gasteiger partial charge on any atom is 0.154 e. The van der Waals surface area contributed by atoms with Crippen LogP contribution in [0.1, 0.15) is 18.1 Å². The molecule has 2 aliphatic heterocycles. The quantitative estimate of drug-likeness (QED) is 0.824. The molecule has 3 heterocycles. The zero-order valence-electron chi connectivity index (χ0n) is 15.4. The first-order chi connectivity index (χ1) is 13.1. The fraction of sp³-hybridized carbons (Fsp3) is 0.350. The summed E-state index contributed by atoms with van der Waals surface area (Å²) in [6, 6.07) is 15.2. The van der Waals surface area contributed by atoms with Crippen LogP contribution in [0.5, 0.6) is 0 Å². The molecule has 0 unspecified atom stereocenters. The molecule has 0 bridgehead atoms. The van der Waals surface area contributed by atoms with Crippen molar-refractivity contribution in [2.24, 2.45) is 21.5 Å². The summed E-state index contributed by atoms with van der Waals surface area (Å²) in [7, 11) is 0. The summed E-state index contributed by atoms with van der Waals surface area (Å²) in [6.07, 6.45) is 5.58. The van der Waals surface area contributed by atoms with E-state index in [1.165, 1.54) is 11.1 Å². The summed E-state index contributed by atoms with van der Waals surface area (Å²) in [5.74, 6) is 1.01. The number of rotatable bonds is 4. The molecular weight excluding hydrogens is 374 g/mol. The van der Waals surface area contributed by atoms with Crippen molar-refractivity contribution in [1.82, 2.24) is 4.98 Å². The van der Waals surface area contributed by atoms with Gasteiger partial charge in [0.15, 0.2) is 10.3 Å². The summed E-state index contributed by atoms with van der Waals surface area (Å²) in [6.45, 7) is 2.18. The third-order valence-electron chi connectivity index (χ3n) is 4.38. The van der Waals surface area contributed by atoms with E-state index in [9.17, 15) is 0 Å². The van der Waals surface area contributed by atoms with Gasteiger partial charge in [0.25, 0.3) is 0 Å². The number of pyridine rings is 1. The number of benzene rings is 1. The molecule has 27 heavy (non-hydrogen) atoms. The highest BCUT2D eigenvalue weighted by Gasteiger charge is 2.24. The van der Waals surface area contributed by atoms with Gasteiger partial charge in [0.1, 0.15) is 0 Å². The van der Waals surface area contributed by atoms with Crippen molar-refractivity contribution in [3.63, 3.8) is 0 Å². The Kier molecular flexibility index (Phi) is 7.18. The molecule has 2 aliphatic rings. The lowest BCUT2D eigenvalue weighted by atomic mass is 10.0. The predicted octanol–water partition coefficient (Wildman–Crippen LogP) is 3.10. The smallest absolute Gasteiger partial charge is 0.154 e. The van der Waals surface area contributed by atoms with Gasteiger partial charge in [-0.05, 0) is 36.1 Å². The van der Waals surface area contributed by atoms with E-state index in [1.54, 1.807) is 23.5 Å². The molecule has 1 aromatic heterocycles. The third kappa shape index (κ3) is 6.29. The van der Waals surface area contributed by atoms with Crippen LogP contribution in [0.2, 0.25) is 0 Å². The van der Waals surface area contributed by atoms with Crippen LogP contribution in [0.4, 0.5) is 0 Å². The van der Waals surface area contributed by atoms with Crippen LogP contribution < -0.4 is 11.5 Å². The summed E-state index contributed by atoms with van der Waals surface area (Å²) in [4.78, 5) is 12.7. The summed E-state index contributed by atoms with van der Waals surface area (Å²) < 4.78 is 0. The van der Waals surface area contributed by atoms with Crippen molar-refractivity contribution < 1.29 is 0 Å². The highest BCUT2D eigenvalue weighted by atomic mass is 32.2. The van der Waals surface area contributed by atoms with Gasteiger partial charge in [0.2, 0.25) is 0 Å². The molecule has 2 aromatic rings. The van der Waals surface area contributed by atoms with E-state index in [-0.39, 0.29) is 0 Å². The Bertz CT molecular complexity index is 779. The Morgan fingerprint density at radius 2 is 1.63 bits per heavy atom. The van der Waals surface area contributed by atoms with Gasteiger partial charge in [0, 0.05) is 23.4 Å². The van der Waals surface area contributed by atoms with Crippen molar-refractivity contribution in [2.75, 3.05) is 5.75 Å². The van der Waals surface area contributed by atoms with E-state index < -0.39 is 0 Å². The molecule has 3 atom stereocenters. The fourth-order valence-electron chi connectivity index (χ4n) is 2.97. The zero-order valence-corrected chi connectivity index (χ0v) is 17.0. The molecule has 0 saturated heterocycles. The maximum atomic E-state index is 5.68. The van der Waals surface area contributed by atoms with Crippen molar-refractivity contribution >= 4 is 33.9 Å². The molecule has 7 heteroatoms. The van der Waals surface area contributed by atoms with Crippen LogP contribution in [-0.2, 0) is 12.8 Å². The van der Waals surface area contributed by atoms with E-state index >= 15 is 0 Å². The van der Waals surface area contributed by atoms with Crippen LogP contribution in [0.15, 0.2) is 64.8 Å². The second-order valence-electron chi connectivity index (χ2n) is 6.54. The first-order valence-corrected chi connectivity index (χ1v) is 10.9. The van der Waals surface area contributed by atoms with Gasteiger partial charge in [-0.3, -0.25) is 15.0 Å². The minimum Gasteiger partial charge on any atom is -0.379 e. The molecule has 0 amide bonds.